The van der Waals surface area contributed by atoms with Crippen LogP contribution in [0.3, 0.4) is 0 Å². The molecule has 2 amide bonds. The first-order valence-electron chi connectivity index (χ1n) is 9.72. The van der Waals surface area contributed by atoms with E-state index in [-0.39, 0.29) is 11.7 Å². The normalized spacial score (nSPS) is 10.3. The highest BCUT2D eigenvalue weighted by atomic mass is 16.5. The fraction of sp³-hybridized carbons (Fsp3) is 0.364. The van der Waals surface area contributed by atoms with Crippen molar-refractivity contribution in [3.05, 3.63) is 54.1 Å². The second-order valence-corrected chi connectivity index (χ2v) is 6.61. The van der Waals surface area contributed by atoms with Crippen LogP contribution >= 0.6 is 0 Å². The lowest BCUT2D eigenvalue weighted by molar-refractivity contribution is 0.102. The maximum Gasteiger partial charge on any atom is 0.411 e. The predicted molar refractivity (Wildman–Crippen MR) is 111 cm³/mol. The quantitative estimate of drug-likeness (QED) is 0.468. The number of nitrogens with one attached hydrogen (secondary N) is 2. The summed E-state index contributed by atoms with van der Waals surface area (Å²) in [6, 6.07) is 12.8. The third-order valence-corrected chi connectivity index (χ3v) is 4.25. The topological polar surface area (TPSA) is 87.7 Å². The molecule has 0 saturated carbocycles. The van der Waals surface area contributed by atoms with E-state index in [1.807, 2.05) is 0 Å². The number of amides is 2. The summed E-state index contributed by atoms with van der Waals surface area (Å²) in [5.74, 6) is -0.172. The zero-order valence-corrected chi connectivity index (χ0v) is 16.2. The number of rotatable bonds is 10. The maximum absolute atomic E-state index is 12.1. The average molecular weight is 384 g/mol. The molecule has 0 saturated heterocycles. The summed E-state index contributed by atoms with van der Waals surface area (Å²) in [4.78, 5) is 23.9. The van der Waals surface area contributed by atoms with Crippen molar-refractivity contribution < 1.29 is 19.4 Å². The highest BCUT2D eigenvalue weighted by molar-refractivity contribution is 6.04. The van der Waals surface area contributed by atoms with Crippen LogP contribution in [-0.2, 0) is 4.74 Å². The van der Waals surface area contributed by atoms with Crippen LogP contribution in [-0.4, -0.2) is 23.7 Å². The Bertz CT molecular complexity index is 742. The summed E-state index contributed by atoms with van der Waals surface area (Å²) in [6.07, 6.45) is 6.36. The number of benzene rings is 2. The molecular formula is C22H28N2O4. The second kappa shape index (κ2) is 11.6. The number of hydrogen-bond donors (Lipinski definition) is 3. The molecule has 0 heterocycles. The Hall–Kier alpha value is -3.02. The number of carbonyl (C=O) groups is 2. The van der Waals surface area contributed by atoms with Gasteiger partial charge in [-0.15, -0.1) is 0 Å². The standard InChI is InChI=1S/C22H28N2O4/c1-2-3-4-5-6-7-16-28-22(27)24-19-12-10-18(11-13-19)23-21(26)17-8-14-20(25)15-9-17/h8-15,25H,2-7,16H2,1H3,(H,23,26)(H,24,27). The summed E-state index contributed by atoms with van der Waals surface area (Å²) in [6.45, 7) is 2.60. The van der Waals surface area contributed by atoms with Crippen molar-refractivity contribution in [2.24, 2.45) is 0 Å². The molecule has 0 radical (unpaired) electrons. The number of ether oxygens (including phenoxy) is 1. The molecule has 6 nitrogen and oxygen atoms in total. The first kappa shape index (κ1) is 21.3. The van der Waals surface area contributed by atoms with Crippen LogP contribution in [0.5, 0.6) is 5.75 Å². The molecule has 0 bridgehead atoms. The third-order valence-electron chi connectivity index (χ3n) is 4.25. The van der Waals surface area contributed by atoms with Crippen molar-refractivity contribution in [2.45, 2.75) is 45.4 Å². The molecule has 0 spiro atoms. The lowest BCUT2D eigenvalue weighted by atomic mass is 10.1. The SMILES string of the molecule is CCCCCCCCOC(=O)Nc1ccc(NC(=O)c2ccc(O)cc2)cc1. The minimum atomic E-state index is -0.477. The molecule has 2 aromatic rings. The van der Waals surface area contributed by atoms with Crippen LogP contribution in [0.15, 0.2) is 48.5 Å². The molecule has 0 atom stereocenters. The van der Waals surface area contributed by atoms with E-state index in [1.54, 1.807) is 36.4 Å². The highest BCUT2D eigenvalue weighted by Crippen LogP contribution is 2.16. The zero-order chi connectivity index (χ0) is 20.2. The molecule has 0 aromatic heterocycles. The molecule has 2 aromatic carbocycles. The Balaban J connectivity index is 1.71. The van der Waals surface area contributed by atoms with Gasteiger partial charge in [-0.25, -0.2) is 4.79 Å². The van der Waals surface area contributed by atoms with E-state index >= 15 is 0 Å². The first-order valence-corrected chi connectivity index (χ1v) is 9.72. The summed E-state index contributed by atoms with van der Waals surface area (Å²) in [7, 11) is 0. The molecule has 0 aliphatic heterocycles. The molecule has 6 heteroatoms. The fourth-order valence-corrected chi connectivity index (χ4v) is 2.65. The van der Waals surface area contributed by atoms with E-state index in [1.165, 1.54) is 37.8 Å². The predicted octanol–water partition coefficient (Wildman–Crippen LogP) is 5.55. The van der Waals surface area contributed by atoms with Crippen molar-refractivity contribution in [3.8, 4) is 5.75 Å². The number of phenols is 1. The molecule has 0 fully saturated rings. The molecule has 3 N–H and O–H groups in total. The van der Waals surface area contributed by atoms with Crippen LogP contribution in [0.1, 0.15) is 55.8 Å². The van der Waals surface area contributed by atoms with Gasteiger partial charge in [-0.3, -0.25) is 10.1 Å². The number of phenolic OH excluding ortho intramolecular Hbond substituents is 1. The monoisotopic (exact) mass is 384 g/mol. The summed E-state index contributed by atoms with van der Waals surface area (Å²) in [5, 5.41) is 14.7. The van der Waals surface area contributed by atoms with E-state index in [0.29, 0.717) is 23.5 Å². The molecule has 150 valence electrons. The van der Waals surface area contributed by atoms with Crippen LogP contribution in [0.2, 0.25) is 0 Å². The van der Waals surface area contributed by atoms with Gasteiger partial charge >= 0.3 is 6.09 Å². The van der Waals surface area contributed by atoms with Crippen LogP contribution in [0.4, 0.5) is 16.2 Å². The van der Waals surface area contributed by atoms with Crippen LogP contribution in [0.25, 0.3) is 0 Å². The average Bonchev–Trinajstić information content (AvgIpc) is 2.69. The Kier molecular flexibility index (Phi) is 8.85. The fourth-order valence-electron chi connectivity index (χ4n) is 2.65. The lowest BCUT2D eigenvalue weighted by Crippen LogP contribution is -2.15. The van der Waals surface area contributed by atoms with Crippen molar-refractivity contribution in [1.29, 1.82) is 0 Å². The van der Waals surface area contributed by atoms with Gasteiger partial charge in [0.25, 0.3) is 5.91 Å². The van der Waals surface area contributed by atoms with E-state index in [4.69, 9.17) is 4.74 Å². The van der Waals surface area contributed by atoms with Gasteiger partial charge in [0.1, 0.15) is 5.75 Å². The molecule has 0 aliphatic rings. The molecule has 0 unspecified atom stereocenters. The Morgan fingerprint density at radius 1 is 0.821 bits per heavy atom. The van der Waals surface area contributed by atoms with E-state index in [9.17, 15) is 14.7 Å². The molecule has 28 heavy (non-hydrogen) atoms. The summed E-state index contributed by atoms with van der Waals surface area (Å²) < 4.78 is 5.17. The van der Waals surface area contributed by atoms with Gasteiger partial charge < -0.3 is 15.2 Å². The number of anilines is 2. The Morgan fingerprint density at radius 2 is 1.39 bits per heavy atom. The zero-order valence-electron chi connectivity index (χ0n) is 16.2. The van der Waals surface area contributed by atoms with Gasteiger partial charge in [-0.1, -0.05) is 39.0 Å². The smallest absolute Gasteiger partial charge is 0.411 e. The van der Waals surface area contributed by atoms with Crippen LogP contribution < -0.4 is 10.6 Å². The largest absolute Gasteiger partial charge is 0.508 e. The minimum Gasteiger partial charge on any atom is -0.508 e. The number of unbranched alkanes of at least 4 members (excludes halogenated alkanes) is 5. The van der Waals surface area contributed by atoms with E-state index in [0.717, 1.165) is 12.8 Å². The van der Waals surface area contributed by atoms with E-state index in [2.05, 4.69) is 17.6 Å². The highest BCUT2D eigenvalue weighted by Gasteiger charge is 2.07. The second-order valence-electron chi connectivity index (χ2n) is 6.61. The number of carbonyl (C=O) groups excluding carboxylic acids is 2. The van der Waals surface area contributed by atoms with Gasteiger partial charge in [0.05, 0.1) is 6.61 Å². The first-order chi connectivity index (χ1) is 13.6. The lowest BCUT2D eigenvalue weighted by Gasteiger charge is -2.09. The van der Waals surface area contributed by atoms with Crippen molar-refractivity contribution in [3.63, 3.8) is 0 Å². The molecular weight excluding hydrogens is 356 g/mol. The van der Waals surface area contributed by atoms with Crippen molar-refractivity contribution >= 4 is 23.4 Å². The Morgan fingerprint density at radius 3 is 2.04 bits per heavy atom. The minimum absolute atomic E-state index is 0.107. The van der Waals surface area contributed by atoms with Crippen molar-refractivity contribution in [1.82, 2.24) is 0 Å². The van der Waals surface area contributed by atoms with Gasteiger partial charge in [0.15, 0.2) is 0 Å². The summed E-state index contributed by atoms with van der Waals surface area (Å²) in [5.41, 5.74) is 1.64. The maximum atomic E-state index is 12.1. The van der Waals surface area contributed by atoms with Gasteiger partial charge in [0.2, 0.25) is 0 Å². The third kappa shape index (κ3) is 7.70. The van der Waals surface area contributed by atoms with E-state index < -0.39 is 6.09 Å². The van der Waals surface area contributed by atoms with Gasteiger partial charge in [0, 0.05) is 16.9 Å². The van der Waals surface area contributed by atoms with Gasteiger partial charge in [-0.2, -0.15) is 0 Å². The number of aromatic hydroxyl groups is 1. The number of hydrogen-bond acceptors (Lipinski definition) is 4. The van der Waals surface area contributed by atoms with Crippen molar-refractivity contribution in [2.75, 3.05) is 17.2 Å². The summed E-state index contributed by atoms with van der Waals surface area (Å²) >= 11 is 0. The molecule has 2 rings (SSSR count). The van der Waals surface area contributed by atoms with Gasteiger partial charge in [-0.05, 0) is 55.0 Å². The Labute approximate surface area is 165 Å². The molecule has 0 aliphatic carbocycles. The van der Waals surface area contributed by atoms with Crippen LogP contribution in [0, 0.1) is 0 Å².